The highest BCUT2D eigenvalue weighted by Gasteiger charge is 2.29. The van der Waals surface area contributed by atoms with E-state index in [1.54, 1.807) is 0 Å². The molecule has 1 fully saturated rings. The van der Waals surface area contributed by atoms with Crippen molar-refractivity contribution >= 4 is 31.5 Å². The number of hydrogen-bond acceptors (Lipinski definition) is 5. The lowest BCUT2D eigenvalue weighted by Gasteiger charge is -2.12. The van der Waals surface area contributed by atoms with Crippen molar-refractivity contribution in [1.29, 1.82) is 0 Å². The third kappa shape index (κ3) is 4.17. The van der Waals surface area contributed by atoms with Crippen molar-refractivity contribution in [3.8, 4) is 0 Å². The highest BCUT2D eigenvalue weighted by molar-refractivity contribution is 7.91. The van der Waals surface area contributed by atoms with Crippen LogP contribution in [0.3, 0.4) is 0 Å². The molecule has 2 rings (SSSR count). The normalized spacial score (nSPS) is 21.5. The van der Waals surface area contributed by atoms with Gasteiger partial charge >= 0.3 is 0 Å². The van der Waals surface area contributed by atoms with E-state index in [2.05, 4.69) is 4.72 Å². The quantitative estimate of drug-likeness (QED) is 0.805. The maximum absolute atomic E-state index is 12.2. The van der Waals surface area contributed by atoms with Gasteiger partial charge in [-0.05, 0) is 30.0 Å². The lowest BCUT2D eigenvalue weighted by molar-refractivity contribution is 0.281. The van der Waals surface area contributed by atoms with E-state index in [1.165, 1.54) is 18.2 Å². The van der Waals surface area contributed by atoms with Crippen LogP contribution in [0.2, 0.25) is 5.02 Å². The summed E-state index contributed by atoms with van der Waals surface area (Å²) in [6, 6.07) is 4.24. The number of sulfonamides is 1. The molecular weight excluding hydrogens is 338 g/mol. The first-order valence-electron chi connectivity index (χ1n) is 6.33. The molecule has 1 saturated heterocycles. The van der Waals surface area contributed by atoms with Crippen molar-refractivity contribution < 1.29 is 21.9 Å². The third-order valence-corrected chi connectivity index (χ3v) is 7.10. The lowest BCUT2D eigenvalue weighted by atomic mass is 10.1. The van der Waals surface area contributed by atoms with Gasteiger partial charge in [-0.1, -0.05) is 17.7 Å². The molecule has 1 heterocycles. The zero-order chi connectivity index (χ0) is 15.7. The minimum atomic E-state index is -3.84. The summed E-state index contributed by atoms with van der Waals surface area (Å²) in [6.45, 7) is -0.234. The highest BCUT2D eigenvalue weighted by atomic mass is 35.5. The van der Waals surface area contributed by atoms with Crippen LogP contribution in [-0.4, -0.2) is 40.0 Å². The Labute approximate surface area is 129 Å². The zero-order valence-corrected chi connectivity index (χ0v) is 13.5. The van der Waals surface area contributed by atoms with Crippen LogP contribution in [0, 0.1) is 5.92 Å². The lowest BCUT2D eigenvalue weighted by Crippen LogP contribution is -2.30. The van der Waals surface area contributed by atoms with Crippen LogP contribution in [0.15, 0.2) is 23.1 Å². The Bertz CT molecular complexity index is 730. The summed E-state index contributed by atoms with van der Waals surface area (Å²) < 4.78 is 49.5. The number of benzene rings is 1. The molecule has 0 saturated carbocycles. The Hall–Kier alpha value is -0.670. The number of aliphatic hydroxyl groups excluding tert-OH is 1. The standard InChI is InChI=1S/C12H16ClNO5S2/c13-11-2-1-9(7-15)5-12(11)21(18,19)14-6-10-3-4-20(16,17)8-10/h1-2,5,10,14-15H,3-4,6-8H2. The van der Waals surface area contributed by atoms with Gasteiger partial charge in [0.1, 0.15) is 4.90 Å². The zero-order valence-electron chi connectivity index (χ0n) is 11.1. The Morgan fingerprint density at radius 2 is 2.10 bits per heavy atom. The number of aliphatic hydroxyl groups is 1. The average Bonchev–Trinajstić information content (AvgIpc) is 2.76. The van der Waals surface area contributed by atoms with Gasteiger partial charge in [0.25, 0.3) is 0 Å². The third-order valence-electron chi connectivity index (χ3n) is 3.36. The first-order valence-corrected chi connectivity index (χ1v) is 10.0. The van der Waals surface area contributed by atoms with Gasteiger partial charge in [0.15, 0.2) is 9.84 Å². The number of nitrogens with one attached hydrogen (secondary N) is 1. The second-order valence-corrected chi connectivity index (χ2v) is 9.42. The van der Waals surface area contributed by atoms with Crippen molar-refractivity contribution in [2.24, 2.45) is 5.92 Å². The number of hydrogen-bond donors (Lipinski definition) is 2. The van der Waals surface area contributed by atoms with Crippen LogP contribution < -0.4 is 4.72 Å². The molecule has 1 aliphatic heterocycles. The predicted molar refractivity (Wildman–Crippen MR) is 79.3 cm³/mol. The van der Waals surface area contributed by atoms with Gasteiger partial charge in [-0.2, -0.15) is 0 Å². The van der Waals surface area contributed by atoms with Crippen LogP contribution >= 0.6 is 11.6 Å². The monoisotopic (exact) mass is 353 g/mol. The fourth-order valence-electron chi connectivity index (χ4n) is 2.19. The van der Waals surface area contributed by atoms with Gasteiger partial charge in [-0.15, -0.1) is 0 Å². The molecule has 0 radical (unpaired) electrons. The van der Waals surface area contributed by atoms with Crippen molar-refractivity contribution in [3.05, 3.63) is 28.8 Å². The number of halogens is 1. The molecule has 2 N–H and O–H groups in total. The second kappa shape index (κ2) is 6.21. The summed E-state index contributed by atoms with van der Waals surface area (Å²) in [7, 11) is -6.88. The van der Waals surface area contributed by atoms with Crippen molar-refractivity contribution in [1.82, 2.24) is 4.72 Å². The Balaban J connectivity index is 2.12. The van der Waals surface area contributed by atoms with Crippen LogP contribution in [-0.2, 0) is 26.5 Å². The van der Waals surface area contributed by atoms with Gasteiger partial charge in [-0.25, -0.2) is 21.6 Å². The molecule has 0 amide bonds. The van der Waals surface area contributed by atoms with Crippen molar-refractivity contribution in [2.75, 3.05) is 18.1 Å². The maximum atomic E-state index is 12.2. The van der Waals surface area contributed by atoms with Gasteiger partial charge in [-0.3, -0.25) is 0 Å². The second-order valence-electron chi connectivity index (χ2n) is 5.04. The predicted octanol–water partition coefficient (Wildman–Crippen LogP) is 0.545. The van der Waals surface area contributed by atoms with E-state index < -0.39 is 19.9 Å². The molecular formula is C12H16ClNO5S2. The SMILES string of the molecule is O=S1(=O)CCC(CNS(=O)(=O)c2cc(CO)ccc2Cl)C1. The Morgan fingerprint density at radius 3 is 2.67 bits per heavy atom. The molecule has 118 valence electrons. The van der Waals surface area contributed by atoms with Crippen LogP contribution in [0.5, 0.6) is 0 Å². The Kier molecular flexibility index (Phi) is 4.94. The van der Waals surface area contributed by atoms with E-state index in [-0.39, 0.29) is 40.5 Å². The topological polar surface area (TPSA) is 101 Å². The first kappa shape index (κ1) is 16.7. The molecule has 6 nitrogen and oxygen atoms in total. The molecule has 21 heavy (non-hydrogen) atoms. The van der Waals surface area contributed by atoms with Crippen molar-refractivity contribution in [2.45, 2.75) is 17.9 Å². The van der Waals surface area contributed by atoms with Gasteiger partial charge in [0, 0.05) is 6.54 Å². The van der Waals surface area contributed by atoms with Crippen LogP contribution in [0.1, 0.15) is 12.0 Å². The van der Waals surface area contributed by atoms with E-state index >= 15 is 0 Å². The van der Waals surface area contributed by atoms with Crippen molar-refractivity contribution in [3.63, 3.8) is 0 Å². The highest BCUT2D eigenvalue weighted by Crippen LogP contribution is 2.24. The van der Waals surface area contributed by atoms with Crippen LogP contribution in [0.25, 0.3) is 0 Å². The molecule has 1 aromatic rings. The smallest absolute Gasteiger partial charge is 0.242 e. The number of sulfone groups is 1. The summed E-state index contributed by atoms with van der Waals surface area (Å²) >= 11 is 5.88. The van der Waals surface area contributed by atoms with Crippen LogP contribution in [0.4, 0.5) is 0 Å². The molecule has 0 spiro atoms. The largest absolute Gasteiger partial charge is 0.392 e. The summed E-state index contributed by atoms with van der Waals surface area (Å²) in [4.78, 5) is -0.114. The molecule has 1 aromatic carbocycles. The van der Waals surface area contributed by atoms with E-state index in [0.717, 1.165) is 0 Å². The Morgan fingerprint density at radius 1 is 1.38 bits per heavy atom. The molecule has 9 heteroatoms. The van der Waals surface area contributed by atoms with Gasteiger partial charge in [0.2, 0.25) is 10.0 Å². The fraction of sp³-hybridized carbons (Fsp3) is 0.500. The molecule has 1 unspecified atom stereocenters. The molecule has 0 aromatic heterocycles. The molecule has 0 aliphatic carbocycles. The minimum Gasteiger partial charge on any atom is -0.392 e. The minimum absolute atomic E-state index is 0.0000676. The summed E-state index contributed by atoms with van der Waals surface area (Å²) in [5.74, 6) is -0.121. The van der Waals surface area contributed by atoms with Gasteiger partial charge in [0.05, 0.1) is 23.1 Å². The maximum Gasteiger partial charge on any atom is 0.242 e. The molecule has 1 aliphatic rings. The summed E-state index contributed by atoms with van der Waals surface area (Å²) in [5, 5.41) is 9.11. The van der Waals surface area contributed by atoms with E-state index in [9.17, 15) is 16.8 Å². The average molecular weight is 354 g/mol. The molecule has 0 bridgehead atoms. The van der Waals surface area contributed by atoms with E-state index in [0.29, 0.717) is 12.0 Å². The van der Waals surface area contributed by atoms with E-state index in [4.69, 9.17) is 16.7 Å². The molecule has 1 atom stereocenters. The number of rotatable bonds is 5. The van der Waals surface area contributed by atoms with E-state index in [1.807, 2.05) is 0 Å². The first-order chi connectivity index (χ1) is 9.73. The van der Waals surface area contributed by atoms with Gasteiger partial charge < -0.3 is 5.11 Å². The summed E-state index contributed by atoms with van der Waals surface area (Å²) in [6.07, 6.45) is 0.454. The summed E-state index contributed by atoms with van der Waals surface area (Å²) in [5.41, 5.74) is 0.434. The fourth-order valence-corrected chi connectivity index (χ4v) is 5.72.